The molecule has 0 saturated carbocycles. The number of rotatable bonds is 12. The number of benzene rings is 1. The first-order valence-electron chi connectivity index (χ1n) is 8.28. The molecular weight excluding hydrogens is 312 g/mol. The second kappa shape index (κ2) is 11.1. The van der Waals surface area contributed by atoms with Crippen molar-refractivity contribution >= 4 is 5.97 Å². The van der Waals surface area contributed by atoms with E-state index in [0.717, 1.165) is 12.0 Å². The zero-order chi connectivity index (χ0) is 17.0. The Morgan fingerprint density at radius 2 is 1.96 bits per heavy atom. The fourth-order valence-corrected chi connectivity index (χ4v) is 2.51. The van der Waals surface area contributed by atoms with Crippen LogP contribution in [0.15, 0.2) is 30.3 Å². The van der Waals surface area contributed by atoms with Crippen molar-refractivity contribution in [2.75, 3.05) is 40.3 Å². The fourth-order valence-electron chi connectivity index (χ4n) is 2.51. The lowest BCUT2D eigenvalue weighted by Crippen LogP contribution is -2.26. The molecule has 0 radical (unpaired) electrons. The second-order valence-electron chi connectivity index (χ2n) is 5.64. The Balaban J connectivity index is 1.59. The Kier molecular flexibility index (Phi) is 8.76. The van der Waals surface area contributed by atoms with Crippen molar-refractivity contribution in [2.45, 2.75) is 25.6 Å². The summed E-state index contributed by atoms with van der Waals surface area (Å²) in [5.74, 6) is -0.434. The summed E-state index contributed by atoms with van der Waals surface area (Å²) in [6.07, 6.45) is 1.24. The van der Waals surface area contributed by atoms with Gasteiger partial charge in [-0.05, 0) is 18.4 Å². The van der Waals surface area contributed by atoms with Crippen molar-refractivity contribution in [3.63, 3.8) is 0 Å². The summed E-state index contributed by atoms with van der Waals surface area (Å²) >= 11 is 0. The minimum Gasteiger partial charge on any atom is -0.463 e. The van der Waals surface area contributed by atoms with Gasteiger partial charge in [0.25, 0.3) is 0 Å². The van der Waals surface area contributed by atoms with Crippen molar-refractivity contribution < 1.29 is 28.5 Å². The van der Waals surface area contributed by atoms with Gasteiger partial charge in [-0.2, -0.15) is 0 Å². The van der Waals surface area contributed by atoms with Gasteiger partial charge >= 0.3 is 5.97 Å². The molecule has 1 heterocycles. The lowest BCUT2D eigenvalue weighted by Gasteiger charge is -2.16. The fraction of sp³-hybridized carbons (Fsp3) is 0.611. The standard InChI is InChI=1S/C18H26O6/c1-20-10-11-22-14-24-17-13-23-18(19)16(17)8-5-9-21-12-15-6-3-2-4-7-15/h2-4,6-7,16-17H,5,8-14H2,1H3/t16-,17-/m0/s1. The highest BCUT2D eigenvalue weighted by atomic mass is 16.7. The van der Waals surface area contributed by atoms with Crippen LogP contribution in [0.1, 0.15) is 18.4 Å². The second-order valence-corrected chi connectivity index (χ2v) is 5.64. The number of methoxy groups -OCH3 is 1. The molecule has 134 valence electrons. The minimum atomic E-state index is -0.242. The number of carbonyl (C=O) groups is 1. The molecule has 1 aromatic rings. The quantitative estimate of drug-likeness (QED) is 0.331. The molecule has 6 nitrogen and oxygen atoms in total. The molecule has 1 aromatic carbocycles. The molecule has 1 saturated heterocycles. The number of ether oxygens (including phenoxy) is 5. The molecule has 0 bridgehead atoms. The Labute approximate surface area is 143 Å². The first kappa shape index (κ1) is 18.9. The van der Waals surface area contributed by atoms with E-state index < -0.39 is 0 Å². The summed E-state index contributed by atoms with van der Waals surface area (Å²) in [5.41, 5.74) is 1.15. The molecule has 0 spiro atoms. The van der Waals surface area contributed by atoms with Crippen LogP contribution in [0.5, 0.6) is 0 Å². The van der Waals surface area contributed by atoms with Crippen LogP contribution in [0.3, 0.4) is 0 Å². The molecule has 0 aromatic heterocycles. The normalized spacial score (nSPS) is 20.3. The van der Waals surface area contributed by atoms with E-state index >= 15 is 0 Å². The first-order chi connectivity index (χ1) is 11.8. The van der Waals surface area contributed by atoms with Crippen LogP contribution in [-0.4, -0.2) is 52.4 Å². The van der Waals surface area contributed by atoms with Crippen LogP contribution in [0.2, 0.25) is 0 Å². The number of cyclic esters (lactones) is 1. The highest BCUT2D eigenvalue weighted by molar-refractivity contribution is 5.75. The molecule has 2 rings (SSSR count). The molecule has 1 aliphatic heterocycles. The van der Waals surface area contributed by atoms with Gasteiger partial charge in [0.15, 0.2) is 0 Å². The summed E-state index contributed by atoms with van der Waals surface area (Å²) in [5, 5.41) is 0. The van der Waals surface area contributed by atoms with E-state index in [1.807, 2.05) is 30.3 Å². The van der Waals surface area contributed by atoms with Crippen LogP contribution >= 0.6 is 0 Å². The number of esters is 1. The topological polar surface area (TPSA) is 63.2 Å². The number of hydrogen-bond acceptors (Lipinski definition) is 6. The van der Waals surface area contributed by atoms with Crippen LogP contribution in [0.4, 0.5) is 0 Å². The van der Waals surface area contributed by atoms with Gasteiger partial charge in [-0.1, -0.05) is 30.3 Å². The third-order valence-corrected chi connectivity index (χ3v) is 3.85. The molecule has 6 heteroatoms. The zero-order valence-electron chi connectivity index (χ0n) is 14.1. The van der Waals surface area contributed by atoms with Crippen LogP contribution in [0.25, 0.3) is 0 Å². The SMILES string of the molecule is COCCOCO[C@H]1COC(=O)[C@H]1CCCOCc1ccccc1. The Bertz CT molecular complexity index is 464. The summed E-state index contributed by atoms with van der Waals surface area (Å²) in [6, 6.07) is 10.0. The third-order valence-electron chi connectivity index (χ3n) is 3.85. The largest absolute Gasteiger partial charge is 0.463 e. The van der Waals surface area contributed by atoms with Gasteiger partial charge < -0.3 is 23.7 Å². The van der Waals surface area contributed by atoms with Gasteiger partial charge in [-0.25, -0.2) is 0 Å². The molecule has 1 aliphatic rings. The van der Waals surface area contributed by atoms with Gasteiger partial charge in [0.2, 0.25) is 0 Å². The predicted octanol–water partition coefficient (Wildman–Crippen LogP) is 2.16. The predicted molar refractivity (Wildman–Crippen MR) is 87.3 cm³/mol. The monoisotopic (exact) mass is 338 g/mol. The molecule has 24 heavy (non-hydrogen) atoms. The van der Waals surface area contributed by atoms with Crippen molar-refractivity contribution in [1.82, 2.24) is 0 Å². The highest BCUT2D eigenvalue weighted by Gasteiger charge is 2.37. The van der Waals surface area contributed by atoms with Crippen molar-refractivity contribution in [3.05, 3.63) is 35.9 Å². The maximum Gasteiger partial charge on any atom is 0.311 e. The number of hydrogen-bond donors (Lipinski definition) is 0. The van der Waals surface area contributed by atoms with E-state index in [4.69, 9.17) is 23.7 Å². The Morgan fingerprint density at radius 3 is 2.75 bits per heavy atom. The van der Waals surface area contributed by atoms with E-state index in [0.29, 0.717) is 39.5 Å². The van der Waals surface area contributed by atoms with Crippen molar-refractivity contribution in [2.24, 2.45) is 5.92 Å². The molecule has 0 N–H and O–H groups in total. The number of carbonyl (C=O) groups excluding carboxylic acids is 1. The first-order valence-corrected chi connectivity index (χ1v) is 8.28. The Morgan fingerprint density at radius 1 is 1.12 bits per heavy atom. The zero-order valence-corrected chi connectivity index (χ0v) is 14.1. The molecule has 2 atom stereocenters. The lowest BCUT2D eigenvalue weighted by molar-refractivity contribution is -0.142. The highest BCUT2D eigenvalue weighted by Crippen LogP contribution is 2.23. The summed E-state index contributed by atoms with van der Waals surface area (Å²) in [6.45, 7) is 2.62. The summed E-state index contributed by atoms with van der Waals surface area (Å²) in [4.78, 5) is 11.8. The Hall–Kier alpha value is -1.47. The van der Waals surface area contributed by atoms with Gasteiger partial charge in [0.1, 0.15) is 19.5 Å². The van der Waals surface area contributed by atoms with E-state index in [1.54, 1.807) is 7.11 Å². The van der Waals surface area contributed by atoms with Gasteiger partial charge in [0, 0.05) is 13.7 Å². The average Bonchev–Trinajstić information content (AvgIpc) is 2.95. The third kappa shape index (κ3) is 6.57. The maximum atomic E-state index is 11.8. The molecular formula is C18H26O6. The van der Waals surface area contributed by atoms with Crippen LogP contribution in [0, 0.1) is 5.92 Å². The van der Waals surface area contributed by atoms with Crippen molar-refractivity contribution in [3.8, 4) is 0 Å². The maximum absolute atomic E-state index is 11.8. The van der Waals surface area contributed by atoms with E-state index in [2.05, 4.69) is 0 Å². The van der Waals surface area contributed by atoms with Crippen molar-refractivity contribution in [1.29, 1.82) is 0 Å². The molecule has 0 aliphatic carbocycles. The summed E-state index contributed by atoms with van der Waals surface area (Å²) < 4.78 is 26.5. The van der Waals surface area contributed by atoms with E-state index in [9.17, 15) is 4.79 Å². The average molecular weight is 338 g/mol. The van der Waals surface area contributed by atoms with Gasteiger partial charge in [0.05, 0.1) is 25.7 Å². The summed E-state index contributed by atoms with van der Waals surface area (Å²) in [7, 11) is 1.61. The van der Waals surface area contributed by atoms with Gasteiger partial charge in [-0.15, -0.1) is 0 Å². The van der Waals surface area contributed by atoms with E-state index in [-0.39, 0.29) is 24.8 Å². The smallest absolute Gasteiger partial charge is 0.311 e. The van der Waals surface area contributed by atoms with Gasteiger partial charge in [-0.3, -0.25) is 4.79 Å². The molecule has 1 fully saturated rings. The minimum absolute atomic E-state index is 0.145. The molecule has 0 unspecified atom stereocenters. The van der Waals surface area contributed by atoms with Crippen LogP contribution in [-0.2, 0) is 35.1 Å². The lowest BCUT2D eigenvalue weighted by atomic mass is 9.99. The van der Waals surface area contributed by atoms with E-state index in [1.165, 1.54) is 0 Å². The van der Waals surface area contributed by atoms with Crippen LogP contribution < -0.4 is 0 Å². The molecule has 0 amide bonds.